The first-order chi connectivity index (χ1) is 6.81. The van der Waals surface area contributed by atoms with Gasteiger partial charge in [0, 0.05) is 13.1 Å². The first kappa shape index (κ1) is 10.5. The molecule has 0 unspecified atom stereocenters. The average Bonchev–Trinajstić information content (AvgIpc) is 2.14. The van der Waals surface area contributed by atoms with Crippen LogP contribution in [0.3, 0.4) is 0 Å². The molecule has 82 valence electrons. The first-order valence-electron chi connectivity index (χ1n) is 6.49. The highest BCUT2D eigenvalue weighted by Crippen LogP contribution is 2.40. The van der Waals surface area contributed by atoms with Gasteiger partial charge in [-0.2, -0.15) is 0 Å². The zero-order valence-corrected chi connectivity index (χ0v) is 9.73. The van der Waals surface area contributed by atoms with Crippen LogP contribution in [-0.2, 0) is 0 Å². The van der Waals surface area contributed by atoms with Crippen LogP contribution in [-0.4, -0.2) is 25.0 Å². The Labute approximate surface area is 88.9 Å². The van der Waals surface area contributed by atoms with Gasteiger partial charge in [0.05, 0.1) is 0 Å². The van der Waals surface area contributed by atoms with Gasteiger partial charge in [-0.25, -0.2) is 0 Å². The quantitative estimate of drug-likeness (QED) is 0.572. The molecule has 1 saturated heterocycles. The molecule has 14 heavy (non-hydrogen) atoms. The van der Waals surface area contributed by atoms with Gasteiger partial charge in [0.1, 0.15) is 0 Å². The molecule has 0 bridgehead atoms. The molecule has 1 heteroatoms. The van der Waals surface area contributed by atoms with Crippen molar-refractivity contribution in [3.8, 4) is 0 Å². The minimum absolute atomic E-state index is 0.756. The molecule has 0 aromatic heterocycles. The Bertz CT molecular complexity index is 158. The van der Waals surface area contributed by atoms with Crippen LogP contribution >= 0.6 is 0 Å². The molecule has 2 fully saturated rings. The van der Waals surface area contributed by atoms with Crippen LogP contribution in [0.25, 0.3) is 0 Å². The van der Waals surface area contributed by atoms with Gasteiger partial charge in [-0.05, 0) is 25.3 Å². The van der Waals surface area contributed by atoms with Gasteiger partial charge in [-0.3, -0.25) is 0 Å². The van der Waals surface area contributed by atoms with Crippen molar-refractivity contribution in [2.24, 2.45) is 5.41 Å². The summed E-state index contributed by atoms with van der Waals surface area (Å²) in [6, 6.07) is 0. The van der Waals surface area contributed by atoms with Gasteiger partial charge >= 0.3 is 0 Å². The summed E-state index contributed by atoms with van der Waals surface area (Å²) in [7, 11) is 2.27. The molecule has 1 aliphatic carbocycles. The molecule has 1 aliphatic heterocycles. The van der Waals surface area contributed by atoms with Crippen molar-refractivity contribution in [1.29, 1.82) is 0 Å². The van der Waals surface area contributed by atoms with Gasteiger partial charge in [-0.15, -0.1) is 0 Å². The van der Waals surface area contributed by atoms with E-state index in [4.69, 9.17) is 0 Å². The molecule has 1 saturated carbocycles. The van der Waals surface area contributed by atoms with Crippen LogP contribution in [0.15, 0.2) is 0 Å². The molecular formula is C13H25N. The third-order valence-electron chi connectivity index (χ3n) is 4.12. The van der Waals surface area contributed by atoms with Gasteiger partial charge in [0.15, 0.2) is 0 Å². The zero-order chi connectivity index (χ0) is 9.86. The van der Waals surface area contributed by atoms with E-state index in [2.05, 4.69) is 11.9 Å². The smallest absolute Gasteiger partial charge is 0.00474 e. The van der Waals surface area contributed by atoms with Crippen molar-refractivity contribution in [3.63, 3.8) is 0 Å². The summed E-state index contributed by atoms with van der Waals surface area (Å²) in [6.45, 7) is 2.76. The average molecular weight is 195 g/mol. The highest BCUT2D eigenvalue weighted by atomic mass is 15.2. The Morgan fingerprint density at radius 2 is 1.14 bits per heavy atom. The van der Waals surface area contributed by atoms with E-state index in [0.29, 0.717) is 0 Å². The number of rotatable bonds is 0. The molecule has 0 aromatic rings. The molecule has 1 nitrogen and oxygen atoms in total. The summed E-state index contributed by atoms with van der Waals surface area (Å²) >= 11 is 0. The molecule has 2 rings (SSSR count). The van der Waals surface area contributed by atoms with E-state index in [9.17, 15) is 0 Å². The van der Waals surface area contributed by atoms with Gasteiger partial charge < -0.3 is 4.90 Å². The second kappa shape index (κ2) is 4.65. The number of likely N-dealkylation sites (tertiary alicyclic amines) is 1. The van der Waals surface area contributed by atoms with Crippen molar-refractivity contribution in [2.45, 2.75) is 57.8 Å². The molecule has 0 radical (unpaired) electrons. The molecule has 0 atom stereocenters. The van der Waals surface area contributed by atoms with E-state index in [-0.39, 0.29) is 0 Å². The maximum absolute atomic E-state index is 2.49. The SMILES string of the molecule is CN1CC2(CCCCCCCCC2)C1. The summed E-state index contributed by atoms with van der Waals surface area (Å²) in [5.74, 6) is 0. The fraction of sp³-hybridized carbons (Fsp3) is 1.00. The summed E-state index contributed by atoms with van der Waals surface area (Å²) in [6.07, 6.45) is 13.5. The van der Waals surface area contributed by atoms with Crippen LogP contribution in [0.4, 0.5) is 0 Å². The highest BCUT2D eigenvalue weighted by molar-refractivity contribution is 4.93. The van der Waals surface area contributed by atoms with Crippen molar-refractivity contribution in [3.05, 3.63) is 0 Å². The maximum Gasteiger partial charge on any atom is 0.00474 e. The van der Waals surface area contributed by atoms with Gasteiger partial charge in [0.25, 0.3) is 0 Å². The minimum Gasteiger partial charge on any atom is -0.305 e. The lowest BCUT2D eigenvalue weighted by atomic mass is 9.71. The molecule has 0 aromatic carbocycles. The third-order valence-corrected chi connectivity index (χ3v) is 4.12. The largest absolute Gasteiger partial charge is 0.305 e. The van der Waals surface area contributed by atoms with E-state index in [1.165, 1.54) is 70.9 Å². The Morgan fingerprint density at radius 1 is 0.714 bits per heavy atom. The van der Waals surface area contributed by atoms with Crippen LogP contribution in [0.1, 0.15) is 57.8 Å². The van der Waals surface area contributed by atoms with Gasteiger partial charge in [-0.1, -0.05) is 44.9 Å². The molecule has 0 N–H and O–H groups in total. The molecular weight excluding hydrogens is 170 g/mol. The Balaban J connectivity index is 1.82. The summed E-state index contributed by atoms with van der Waals surface area (Å²) < 4.78 is 0. The molecule has 0 amide bonds. The van der Waals surface area contributed by atoms with E-state index in [1.54, 1.807) is 0 Å². The summed E-state index contributed by atoms with van der Waals surface area (Å²) in [5.41, 5.74) is 0.756. The Morgan fingerprint density at radius 3 is 1.57 bits per heavy atom. The van der Waals surface area contributed by atoms with Crippen molar-refractivity contribution >= 4 is 0 Å². The maximum atomic E-state index is 2.49. The lowest BCUT2D eigenvalue weighted by Crippen LogP contribution is -2.54. The highest BCUT2D eigenvalue weighted by Gasteiger charge is 2.39. The first-order valence-corrected chi connectivity index (χ1v) is 6.49. The second-order valence-electron chi connectivity index (χ2n) is 5.65. The fourth-order valence-corrected chi connectivity index (χ4v) is 3.42. The van der Waals surface area contributed by atoms with Crippen LogP contribution in [0, 0.1) is 5.41 Å². The monoisotopic (exact) mass is 195 g/mol. The van der Waals surface area contributed by atoms with Crippen LogP contribution in [0.5, 0.6) is 0 Å². The third kappa shape index (κ3) is 2.50. The lowest BCUT2D eigenvalue weighted by molar-refractivity contribution is 0.00179. The minimum atomic E-state index is 0.756. The van der Waals surface area contributed by atoms with Crippen molar-refractivity contribution in [2.75, 3.05) is 20.1 Å². The van der Waals surface area contributed by atoms with E-state index in [0.717, 1.165) is 5.41 Å². The van der Waals surface area contributed by atoms with E-state index in [1.807, 2.05) is 0 Å². The number of hydrogen-bond acceptors (Lipinski definition) is 1. The summed E-state index contributed by atoms with van der Waals surface area (Å²) in [4.78, 5) is 2.49. The summed E-state index contributed by atoms with van der Waals surface area (Å²) in [5, 5.41) is 0. The number of hydrogen-bond donors (Lipinski definition) is 0. The Hall–Kier alpha value is -0.0400. The lowest BCUT2D eigenvalue weighted by Gasteiger charge is -2.49. The second-order valence-corrected chi connectivity index (χ2v) is 5.65. The fourth-order valence-electron chi connectivity index (χ4n) is 3.42. The molecule has 1 spiro atoms. The normalized spacial score (nSPS) is 29.8. The predicted octanol–water partition coefficient (Wildman–Crippen LogP) is 3.44. The van der Waals surface area contributed by atoms with Crippen molar-refractivity contribution in [1.82, 2.24) is 4.90 Å². The standard InChI is InChI=1S/C13H25N/c1-14-11-13(12-14)9-7-5-3-2-4-6-8-10-13/h2-12H2,1H3. The van der Waals surface area contributed by atoms with E-state index < -0.39 is 0 Å². The molecule has 1 heterocycles. The topological polar surface area (TPSA) is 3.24 Å². The van der Waals surface area contributed by atoms with Crippen LogP contribution in [0.2, 0.25) is 0 Å². The predicted molar refractivity (Wildman–Crippen MR) is 61.5 cm³/mol. The molecule has 2 aliphatic rings. The van der Waals surface area contributed by atoms with Crippen molar-refractivity contribution < 1.29 is 0 Å². The Kier molecular flexibility index (Phi) is 3.48. The zero-order valence-electron chi connectivity index (χ0n) is 9.73. The van der Waals surface area contributed by atoms with Crippen LogP contribution < -0.4 is 0 Å². The van der Waals surface area contributed by atoms with E-state index >= 15 is 0 Å². The van der Waals surface area contributed by atoms with Gasteiger partial charge in [0.2, 0.25) is 0 Å². The number of nitrogens with zero attached hydrogens (tertiary/aromatic N) is 1.